The van der Waals surface area contributed by atoms with E-state index < -0.39 is 0 Å². The molecular weight excluding hydrogens is 300 g/mol. The smallest absolute Gasteiger partial charge is 0.222 e. The Morgan fingerprint density at radius 2 is 1.88 bits per heavy atom. The lowest BCUT2D eigenvalue weighted by Crippen LogP contribution is -2.46. The molecule has 132 valence electrons. The molecule has 0 spiro atoms. The lowest BCUT2D eigenvalue weighted by molar-refractivity contribution is -0.133. The van der Waals surface area contributed by atoms with Gasteiger partial charge in [-0.3, -0.25) is 9.59 Å². The van der Waals surface area contributed by atoms with E-state index in [1.54, 1.807) is 0 Å². The van der Waals surface area contributed by atoms with Crippen molar-refractivity contribution in [3.63, 3.8) is 0 Å². The van der Waals surface area contributed by atoms with Crippen LogP contribution in [0.25, 0.3) is 0 Å². The largest absolute Gasteiger partial charge is 0.353 e. The van der Waals surface area contributed by atoms with Crippen LogP contribution >= 0.6 is 0 Å². The van der Waals surface area contributed by atoms with Gasteiger partial charge in [0.2, 0.25) is 11.8 Å². The van der Waals surface area contributed by atoms with E-state index in [9.17, 15) is 9.59 Å². The molecule has 0 bridgehead atoms. The number of likely N-dealkylation sites (tertiary alicyclic amines) is 1. The molecule has 1 aromatic carbocycles. The highest BCUT2D eigenvalue weighted by atomic mass is 16.2. The lowest BCUT2D eigenvalue weighted by atomic mass is 10.0. The van der Waals surface area contributed by atoms with Crippen molar-refractivity contribution in [2.45, 2.75) is 58.9 Å². The van der Waals surface area contributed by atoms with Crippen molar-refractivity contribution in [2.75, 3.05) is 13.1 Å². The van der Waals surface area contributed by atoms with Gasteiger partial charge in [-0.05, 0) is 43.2 Å². The summed E-state index contributed by atoms with van der Waals surface area (Å²) in [5.74, 6) is 0.760. The number of hydrogen-bond donors (Lipinski definition) is 1. The predicted octanol–water partition coefficient (Wildman–Crippen LogP) is 3.08. The second-order valence-electron chi connectivity index (χ2n) is 7.25. The zero-order valence-electron chi connectivity index (χ0n) is 15.2. The number of nitrogens with zero attached hydrogens (tertiary/aromatic N) is 1. The number of amides is 2. The Morgan fingerprint density at radius 3 is 2.50 bits per heavy atom. The molecule has 1 fully saturated rings. The molecule has 4 heteroatoms. The Hall–Kier alpha value is -1.84. The van der Waals surface area contributed by atoms with Gasteiger partial charge in [0.05, 0.1) is 0 Å². The van der Waals surface area contributed by atoms with Crippen LogP contribution in [0.15, 0.2) is 24.3 Å². The van der Waals surface area contributed by atoms with Crippen molar-refractivity contribution < 1.29 is 9.59 Å². The summed E-state index contributed by atoms with van der Waals surface area (Å²) in [4.78, 5) is 26.2. The van der Waals surface area contributed by atoms with Gasteiger partial charge in [0.25, 0.3) is 0 Å². The Kier molecular flexibility index (Phi) is 6.83. The highest BCUT2D eigenvalue weighted by molar-refractivity contribution is 5.77. The van der Waals surface area contributed by atoms with Crippen LogP contribution < -0.4 is 5.32 Å². The van der Waals surface area contributed by atoms with Crippen molar-refractivity contribution in [1.29, 1.82) is 0 Å². The molecule has 0 saturated carbocycles. The molecule has 0 radical (unpaired) electrons. The van der Waals surface area contributed by atoms with Gasteiger partial charge in [0.1, 0.15) is 0 Å². The quantitative estimate of drug-likeness (QED) is 0.871. The third-order valence-electron chi connectivity index (χ3n) is 4.68. The molecule has 1 saturated heterocycles. The SMILES string of the molecule is Cc1ccccc1CCC(=O)NC1CCN(C(=O)CC(C)C)CC1. The predicted molar refractivity (Wildman–Crippen MR) is 96.7 cm³/mol. The van der Waals surface area contributed by atoms with E-state index in [1.165, 1.54) is 11.1 Å². The number of piperidine rings is 1. The standard InChI is InChI=1S/C20H30N2O2/c1-15(2)14-20(24)22-12-10-18(11-13-22)21-19(23)9-8-17-7-5-4-6-16(17)3/h4-7,15,18H,8-14H2,1-3H3,(H,21,23). The van der Waals surface area contributed by atoms with Gasteiger partial charge in [0.15, 0.2) is 0 Å². The summed E-state index contributed by atoms with van der Waals surface area (Å²) < 4.78 is 0. The van der Waals surface area contributed by atoms with Crippen molar-refractivity contribution in [3.05, 3.63) is 35.4 Å². The van der Waals surface area contributed by atoms with E-state index >= 15 is 0 Å². The first-order valence-corrected chi connectivity index (χ1v) is 9.07. The molecule has 2 rings (SSSR count). The Balaban J connectivity index is 1.70. The second kappa shape index (κ2) is 8.86. The minimum atomic E-state index is 0.116. The van der Waals surface area contributed by atoms with Crippen molar-refractivity contribution in [3.8, 4) is 0 Å². The fourth-order valence-corrected chi connectivity index (χ4v) is 3.19. The molecule has 0 aliphatic carbocycles. The molecule has 1 N–H and O–H groups in total. The lowest BCUT2D eigenvalue weighted by Gasteiger charge is -2.33. The fraction of sp³-hybridized carbons (Fsp3) is 0.600. The van der Waals surface area contributed by atoms with Crippen LogP contribution in [0.1, 0.15) is 50.7 Å². The zero-order valence-corrected chi connectivity index (χ0v) is 15.2. The molecule has 1 aliphatic rings. The monoisotopic (exact) mass is 330 g/mol. The fourth-order valence-electron chi connectivity index (χ4n) is 3.19. The first kappa shape index (κ1) is 18.5. The topological polar surface area (TPSA) is 49.4 Å². The normalized spacial score (nSPS) is 15.6. The highest BCUT2D eigenvalue weighted by Gasteiger charge is 2.23. The van der Waals surface area contributed by atoms with Crippen LogP contribution in [0.3, 0.4) is 0 Å². The summed E-state index contributed by atoms with van der Waals surface area (Å²) in [5.41, 5.74) is 2.48. The van der Waals surface area contributed by atoms with E-state index in [0.717, 1.165) is 32.4 Å². The van der Waals surface area contributed by atoms with E-state index in [2.05, 4.69) is 38.2 Å². The summed E-state index contributed by atoms with van der Waals surface area (Å²) in [5, 5.41) is 3.13. The molecule has 0 atom stereocenters. The molecule has 0 unspecified atom stereocenters. The number of hydrogen-bond acceptors (Lipinski definition) is 2. The van der Waals surface area contributed by atoms with Crippen LogP contribution in [0.4, 0.5) is 0 Å². The second-order valence-corrected chi connectivity index (χ2v) is 7.25. The van der Waals surface area contributed by atoms with Gasteiger partial charge in [-0.15, -0.1) is 0 Å². The molecule has 0 aromatic heterocycles. The third kappa shape index (κ3) is 5.66. The molecule has 4 nitrogen and oxygen atoms in total. The van der Waals surface area contributed by atoms with E-state index in [0.29, 0.717) is 18.8 Å². The molecule has 24 heavy (non-hydrogen) atoms. The first-order valence-electron chi connectivity index (χ1n) is 9.07. The average molecular weight is 330 g/mol. The summed E-state index contributed by atoms with van der Waals surface area (Å²) in [6.45, 7) is 7.73. The van der Waals surface area contributed by atoms with Crippen LogP contribution in [0.2, 0.25) is 0 Å². The van der Waals surface area contributed by atoms with Gasteiger partial charge >= 0.3 is 0 Å². The Labute approximate surface area is 145 Å². The van der Waals surface area contributed by atoms with E-state index in [1.807, 2.05) is 17.0 Å². The number of carbonyl (C=O) groups excluding carboxylic acids is 2. The molecule has 1 aliphatic heterocycles. The number of aryl methyl sites for hydroxylation is 2. The van der Waals surface area contributed by atoms with Crippen molar-refractivity contribution in [2.24, 2.45) is 5.92 Å². The molecular formula is C20H30N2O2. The van der Waals surface area contributed by atoms with Gasteiger partial charge in [-0.25, -0.2) is 0 Å². The van der Waals surface area contributed by atoms with E-state index in [-0.39, 0.29) is 17.9 Å². The zero-order chi connectivity index (χ0) is 17.5. The highest BCUT2D eigenvalue weighted by Crippen LogP contribution is 2.14. The Morgan fingerprint density at radius 1 is 1.21 bits per heavy atom. The third-order valence-corrected chi connectivity index (χ3v) is 4.68. The number of carbonyl (C=O) groups is 2. The van der Waals surface area contributed by atoms with Gasteiger partial charge in [-0.1, -0.05) is 38.1 Å². The van der Waals surface area contributed by atoms with Gasteiger partial charge in [0, 0.05) is 32.0 Å². The maximum absolute atomic E-state index is 12.2. The Bertz CT molecular complexity index is 561. The maximum atomic E-state index is 12.2. The summed E-state index contributed by atoms with van der Waals surface area (Å²) in [6.07, 6.45) is 3.65. The summed E-state index contributed by atoms with van der Waals surface area (Å²) in [6, 6.07) is 8.41. The number of rotatable bonds is 6. The van der Waals surface area contributed by atoms with Crippen LogP contribution in [0.5, 0.6) is 0 Å². The molecule has 1 aromatic rings. The minimum absolute atomic E-state index is 0.116. The summed E-state index contributed by atoms with van der Waals surface area (Å²) in [7, 11) is 0. The average Bonchev–Trinajstić information content (AvgIpc) is 2.54. The maximum Gasteiger partial charge on any atom is 0.222 e. The van der Waals surface area contributed by atoms with Crippen molar-refractivity contribution >= 4 is 11.8 Å². The van der Waals surface area contributed by atoms with Crippen LogP contribution in [-0.4, -0.2) is 35.8 Å². The number of benzene rings is 1. The molecule has 1 heterocycles. The van der Waals surface area contributed by atoms with Crippen LogP contribution in [-0.2, 0) is 16.0 Å². The van der Waals surface area contributed by atoms with Gasteiger partial charge < -0.3 is 10.2 Å². The van der Waals surface area contributed by atoms with E-state index in [4.69, 9.17) is 0 Å². The van der Waals surface area contributed by atoms with Crippen LogP contribution in [0, 0.1) is 12.8 Å². The first-order chi connectivity index (χ1) is 11.5. The summed E-state index contributed by atoms with van der Waals surface area (Å²) >= 11 is 0. The molecule has 2 amide bonds. The van der Waals surface area contributed by atoms with Gasteiger partial charge in [-0.2, -0.15) is 0 Å². The minimum Gasteiger partial charge on any atom is -0.353 e. The van der Waals surface area contributed by atoms with Crippen molar-refractivity contribution in [1.82, 2.24) is 10.2 Å². The number of nitrogens with one attached hydrogen (secondary N) is 1.